The molecule has 32 heavy (non-hydrogen) atoms. The second-order valence-corrected chi connectivity index (χ2v) is 10.4. The average Bonchev–Trinajstić information content (AvgIpc) is 3.52. The van der Waals surface area contributed by atoms with Gasteiger partial charge in [0.25, 0.3) is 5.56 Å². The number of para-hydroxylation sites is 1. The highest BCUT2D eigenvalue weighted by Crippen LogP contribution is 2.36. The summed E-state index contributed by atoms with van der Waals surface area (Å²) in [4.78, 5) is 32.0. The normalized spacial score (nSPS) is 12.8. The van der Waals surface area contributed by atoms with Crippen LogP contribution in [0.15, 0.2) is 57.1 Å². The van der Waals surface area contributed by atoms with Crippen molar-refractivity contribution in [1.82, 2.24) is 29.5 Å². The molecule has 0 saturated heterocycles. The molecular weight excluding hydrogens is 460 g/mol. The zero-order chi connectivity index (χ0) is 21.8. The number of rotatable bonds is 4. The Bertz CT molecular complexity index is 1660. The van der Waals surface area contributed by atoms with E-state index in [0.29, 0.717) is 22.2 Å². The summed E-state index contributed by atoms with van der Waals surface area (Å²) >= 11 is 4.61. The third-order valence-corrected chi connectivity index (χ3v) is 8.00. The molecule has 1 N–H and O–H groups in total. The van der Waals surface area contributed by atoms with Crippen molar-refractivity contribution in [2.24, 2.45) is 0 Å². The lowest BCUT2D eigenvalue weighted by molar-refractivity contribution is 0.790. The average molecular weight is 477 g/mol. The lowest BCUT2D eigenvalue weighted by Crippen LogP contribution is -2.12. The number of aromatic amines is 1. The van der Waals surface area contributed by atoms with Crippen LogP contribution in [0.3, 0.4) is 0 Å². The summed E-state index contributed by atoms with van der Waals surface area (Å²) in [6.45, 7) is 3.88. The number of benzene rings is 1. The van der Waals surface area contributed by atoms with E-state index >= 15 is 0 Å². The number of thioether (sulfide) groups is 1. The molecule has 0 radical (unpaired) electrons. The van der Waals surface area contributed by atoms with Gasteiger partial charge in [0.1, 0.15) is 16.5 Å². The van der Waals surface area contributed by atoms with E-state index in [1.807, 2.05) is 61.0 Å². The highest BCUT2D eigenvalue weighted by Gasteiger charge is 2.20. The number of aromatic nitrogens is 6. The van der Waals surface area contributed by atoms with Crippen LogP contribution in [0.2, 0.25) is 0 Å². The van der Waals surface area contributed by atoms with Gasteiger partial charge in [0, 0.05) is 21.2 Å². The second-order valence-electron chi connectivity index (χ2n) is 7.32. The van der Waals surface area contributed by atoms with Gasteiger partial charge < -0.3 is 4.98 Å². The Kier molecular flexibility index (Phi) is 4.60. The molecule has 0 spiro atoms. The molecule has 0 bridgehead atoms. The zero-order valence-corrected chi connectivity index (χ0v) is 19.5. The quantitative estimate of drug-likeness (QED) is 0.268. The van der Waals surface area contributed by atoms with Crippen LogP contribution in [0.4, 0.5) is 0 Å². The van der Waals surface area contributed by atoms with Gasteiger partial charge >= 0.3 is 0 Å². The molecule has 0 aliphatic heterocycles. The topological polar surface area (TPSA) is 88.8 Å². The highest BCUT2D eigenvalue weighted by atomic mass is 32.2. The zero-order valence-electron chi connectivity index (χ0n) is 17.1. The Balaban J connectivity index is 1.42. The minimum Gasteiger partial charge on any atom is -0.309 e. The SMILES string of the molecule is Cc1nc2c3ccccc3nc(SC(C)c3nc4scc(-c5cccs5)c4c(=O)[nH]3)n2n1. The maximum Gasteiger partial charge on any atom is 0.260 e. The summed E-state index contributed by atoms with van der Waals surface area (Å²) in [5.74, 6) is 1.30. The number of fused-ring (bicyclic) bond motifs is 4. The summed E-state index contributed by atoms with van der Waals surface area (Å²) in [6.07, 6.45) is 0. The smallest absolute Gasteiger partial charge is 0.260 e. The van der Waals surface area contributed by atoms with E-state index in [0.717, 1.165) is 31.8 Å². The number of thiophene rings is 2. The summed E-state index contributed by atoms with van der Waals surface area (Å²) < 4.78 is 1.77. The van der Waals surface area contributed by atoms with Crippen molar-refractivity contribution in [2.75, 3.05) is 0 Å². The van der Waals surface area contributed by atoms with E-state index in [9.17, 15) is 4.79 Å². The van der Waals surface area contributed by atoms with Gasteiger partial charge in [0.15, 0.2) is 10.8 Å². The molecule has 5 aromatic heterocycles. The van der Waals surface area contributed by atoms with Crippen LogP contribution in [0.1, 0.15) is 23.8 Å². The Labute approximate surface area is 194 Å². The van der Waals surface area contributed by atoms with Crippen LogP contribution in [-0.4, -0.2) is 29.5 Å². The highest BCUT2D eigenvalue weighted by molar-refractivity contribution is 7.99. The van der Waals surface area contributed by atoms with E-state index in [1.54, 1.807) is 15.9 Å². The van der Waals surface area contributed by atoms with Gasteiger partial charge in [0.05, 0.1) is 16.2 Å². The van der Waals surface area contributed by atoms with Crippen molar-refractivity contribution in [1.29, 1.82) is 0 Å². The molecule has 6 aromatic rings. The number of hydrogen-bond acceptors (Lipinski definition) is 8. The number of nitrogens with one attached hydrogen (secondary N) is 1. The molecule has 0 aliphatic carbocycles. The van der Waals surface area contributed by atoms with Gasteiger partial charge in [-0.1, -0.05) is 30.0 Å². The Morgan fingerprint density at radius 2 is 1.97 bits per heavy atom. The van der Waals surface area contributed by atoms with Crippen LogP contribution in [0.25, 0.3) is 37.2 Å². The first-order valence-corrected chi connectivity index (χ1v) is 12.6. The van der Waals surface area contributed by atoms with Crippen LogP contribution in [-0.2, 0) is 0 Å². The number of hydrogen-bond donors (Lipinski definition) is 1. The predicted octanol–water partition coefficient (Wildman–Crippen LogP) is 5.47. The van der Waals surface area contributed by atoms with Crippen molar-refractivity contribution in [3.8, 4) is 10.4 Å². The van der Waals surface area contributed by atoms with Gasteiger partial charge in [-0.25, -0.2) is 15.0 Å². The number of H-pyrrole nitrogens is 1. The molecule has 0 amide bonds. The Morgan fingerprint density at radius 3 is 2.81 bits per heavy atom. The van der Waals surface area contributed by atoms with Gasteiger partial charge in [-0.2, -0.15) is 4.52 Å². The minimum absolute atomic E-state index is 0.115. The lowest BCUT2D eigenvalue weighted by Gasteiger charge is -2.12. The van der Waals surface area contributed by atoms with Crippen LogP contribution in [0, 0.1) is 6.92 Å². The molecule has 1 atom stereocenters. The van der Waals surface area contributed by atoms with E-state index in [1.165, 1.54) is 23.1 Å². The van der Waals surface area contributed by atoms with Gasteiger partial charge in [0.2, 0.25) is 0 Å². The van der Waals surface area contributed by atoms with E-state index in [-0.39, 0.29) is 10.8 Å². The molecule has 1 aromatic carbocycles. The largest absolute Gasteiger partial charge is 0.309 e. The summed E-state index contributed by atoms with van der Waals surface area (Å²) in [7, 11) is 0. The maximum atomic E-state index is 13.0. The predicted molar refractivity (Wildman–Crippen MR) is 131 cm³/mol. The molecular formula is C22H16N6OS3. The van der Waals surface area contributed by atoms with Crippen LogP contribution in [0.5, 0.6) is 0 Å². The Hall–Kier alpha value is -3.08. The third-order valence-electron chi connectivity index (χ3n) is 5.17. The summed E-state index contributed by atoms with van der Waals surface area (Å²) in [5, 5.41) is 10.7. The van der Waals surface area contributed by atoms with Crippen molar-refractivity contribution in [3.05, 3.63) is 69.2 Å². The van der Waals surface area contributed by atoms with Crippen molar-refractivity contribution in [2.45, 2.75) is 24.3 Å². The van der Waals surface area contributed by atoms with Crippen molar-refractivity contribution in [3.63, 3.8) is 0 Å². The molecule has 6 rings (SSSR count). The minimum atomic E-state index is -0.138. The van der Waals surface area contributed by atoms with Gasteiger partial charge in [-0.05, 0) is 37.4 Å². The van der Waals surface area contributed by atoms with Crippen molar-refractivity contribution >= 4 is 61.2 Å². The molecule has 0 fully saturated rings. The molecule has 0 saturated carbocycles. The monoisotopic (exact) mass is 476 g/mol. The van der Waals surface area contributed by atoms with E-state index in [2.05, 4.69) is 15.1 Å². The van der Waals surface area contributed by atoms with Gasteiger partial charge in [-0.15, -0.1) is 27.8 Å². The first-order valence-electron chi connectivity index (χ1n) is 9.92. The first-order chi connectivity index (χ1) is 15.6. The van der Waals surface area contributed by atoms with Gasteiger partial charge in [-0.3, -0.25) is 4.79 Å². The fourth-order valence-corrected chi connectivity index (χ4v) is 6.38. The summed E-state index contributed by atoms with van der Waals surface area (Å²) in [6, 6.07) is 11.9. The Morgan fingerprint density at radius 1 is 1.09 bits per heavy atom. The number of aryl methyl sites for hydroxylation is 1. The molecule has 5 heterocycles. The fraction of sp³-hybridized carbons (Fsp3) is 0.136. The standard InChI is InChI=1S/C22H16N6OS3/c1-11(18-25-20(29)17-14(10-31-21(17)26-18)16-8-5-9-30-16)32-22-24-15-7-4-3-6-13(15)19-23-12(2)27-28(19)22/h3-11H,1-2H3,(H,25,26,29). The number of nitrogens with zero attached hydrogens (tertiary/aromatic N) is 5. The first kappa shape index (κ1) is 19.6. The molecule has 0 aliphatic rings. The van der Waals surface area contributed by atoms with E-state index in [4.69, 9.17) is 9.97 Å². The summed E-state index contributed by atoms with van der Waals surface area (Å²) in [5.41, 5.74) is 2.46. The van der Waals surface area contributed by atoms with E-state index < -0.39 is 0 Å². The third kappa shape index (κ3) is 3.14. The van der Waals surface area contributed by atoms with Crippen molar-refractivity contribution < 1.29 is 0 Å². The molecule has 10 heteroatoms. The lowest BCUT2D eigenvalue weighted by atomic mass is 10.2. The fourth-order valence-electron chi connectivity index (χ4n) is 3.69. The maximum absolute atomic E-state index is 13.0. The molecule has 158 valence electrons. The van der Waals surface area contributed by atoms with Crippen LogP contribution < -0.4 is 5.56 Å². The molecule has 7 nitrogen and oxygen atoms in total. The van der Waals surface area contributed by atoms with Crippen LogP contribution >= 0.6 is 34.4 Å². The second kappa shape index (κ2) is 7.51. The molecule has 1 unspecified atom stereocenters.